The molecule has 0 aliphatic carbocycles. The molecule has 2 aromatic carbocycles. The number of benzene rings is 2. The van der Waals surface area contributed by atoms with E-state index in [1.807, 2.05) is 0 Å². The number of hydrogen-bond acceptors (Lipinski definition) is 4. The minimum atomic E-state index is -0.724. The van der Waals surface area contributed by atoms with Gasteiger partial charge in [0, 0.05) is 47.7 Å². The molecule has 3 aromatic rings. The molecule has 1 aromatic heterocycles. The first-order chi connectivity index (χ1) is 15.8. The van der Waals surface area contributed by atoms with E-state index in [9.17, 15) is 18.4 Å². The maximum absolute atomic E-state index is 13.9. The number of aryl methyl sites for hydroxylation is 1. The van der Waals surface area contributed by atoms with Crippen LogP contribution < -0.4 is 10.3 Å². The maximum Gasteiger partial charge on any atom is 0.273 e. The lowest BCUT2D eigenvalue weighted by Crippen LogP contribution is -2.40. The molecule has 0 unspecified atom stereocenters. The zero-order valence-electron chi connectivity index (χ0n) is 17.8. The number of halogens is 3. The van der Waals surface area contributed by atoms with Crippen LogP contribution >= 0.6 is 15.9 Å². The molecule has 0 N–H and O–H groups in total. The molecule has 1 aliphatic rings. The molecular formula is C24H21BrF2N2O4. The summed E-state index contributed by atoms with van der Waals surface area (Å²) in [5.74, 6) is -1.28. The van der Waals surface area contributed by atoms with Gasteiger partial charge in [0.05, 0.1) is 13.2 Å². The van der Waals surface area contributed by atoms with Crippen molar-refractivity contribution in [3.63, 3.8) is 0 Å². The topological polar surface area (TPSA) is 60.8 Å². The quantitative estimate of drug-likeness (QED) is 0.506. The Morgan fingerprint density at radius 2 is 1.88 bits per heavy atom. The molecule has 0 saturated carbocycles. The lowest BCUT2D eigenvalue weighted by Gasteiger charge is -2.27. The van der Waals surface area contributed by atoms with Crippen LogP contribution in [0.3, 0.4) is 0 Å². The van der Waals surface area contributed by atoms with E-state index in [1.54, 1.807) is 42.2 Å². The third kappa shape index (κ3) is 4.99. The van der Waals surface area contributed by atoms with E-state index in [4.69, 9.17) is 9.47 Å². The van der Waals surface area contributed by atoms with Gasteiger partial charge in [0.1, 0.15) is 28.5 Å². The van der Waals surface area contributed by atoms with Crippen LogP contribution in [0, 0.1) is 18.6 Å². The average molecular weight is 519 g/mol. The van der Waals surface area contributed by atoms with Crippen LogP contribution in [0.25, 0.3) is 5.69 Å². The number of hydrogen-bond donors (Lipinski definition) is 0. The highest BCUT2D eigenvalue weighted by Crippen LogP contribution is 2.26. The lowest BCUT2D eigenvalue weighted by atomic mass is 10.1. The summed E-state index contributed by atoms with van der Waals surface area (Å²) < 4.78 is 39.6. The Morgan fingerprint density at radius 1 is 1.12 bits per heavy atom. The highest BCUT2D eigenvalue weighted by molar-refractivity contribution is 9.10. The third-order valence-electron chi connectivity index (χ3n) is 5.35. The lowest BCUT2D eigenvalue weighted by molar-refractivity contribution is 0.0303. The first kappa shape index (κ1) is 23.1. The molecule has 0 radical (unpaired) electrons. The number of pyridine rings is 1. The molecule has 1 saturated heterocycles. The zero-order chi connectivity index (χ0) is 23.5. The Balaban J connectivity index is 1.61. The molecule has 2 heterocycles. The Kier molecular flexibility index (Phi) is 6.90. The van der Waals surface area contributed by atoms with Gasteiger partial charge in [0.2, 0.25) is 0 Å². The summed E-state index contributed by atoms with van der Waals surface area (Å²) in [5, 5.41) is 0. The normalized spacial score (nSPS) is 13.8. The van der Waals surface area contributed by atoms with E-state index < -0.39 is 11.6 Å². The van der Waals surface area contributed by atoms with Gasteiger partial charge in [-0.05, 0) is 53.2 Å². The molecule has 0 spiro atoms. The van der Waals surface area contributed by atoms with Crippen molar-refractivity contribution >= 4 is 21.8 Å². The summed E-state index contributed by atoms with van der Waals surface area (Å²) in [6, 6.07) is 11.7. The number of carbonyl (C=O) groups is 1. The van der Waals surface area contributed by atoms with Crippen LogP contribution in [-0.2, 0) is 11.3 Å². The number of ether oxygens (including phenoxy) is 2. The monoisotopic (exact) mass is 518 g/mol. The second kappa shape index (κ2) is 9.84. The number of rotatable bonds is 5. The molecule has 172 valence electrons. The van der Waals surface area contributed by atoms with Crippen molar-refractivity contribution in [3.8, 4) is 11.4 Å². The smallest absolute Gasteiger partial charge is 0.273 e. The van der Waals surface area contributed by atoms with Crippen molar-refractivity contribution < 1.29 is 23.0 Å². The molecule has 1 aliphatic heterocycles. The number of aromatic nitrogens is 1. The fraction of sp³-hybridized carbons (Fsp3) is 0.250. The fourth-order valence-electron chi connectivity index (χ4n) is 3.63. The summed E-state index contributed by atoms with van der Waals surface area (Å²) >= 11 is 3.28. The van der Waals surface area contributed by atoms with E-state index in [0.717, 1.165) is 12.1 Å². The Labute approximate surface area is 197 Å². The number of nitrogens with zero attached hydrogens (tertiary/aromatic N) is 2. The molecular weight excluding hydrogens is 498 g/mol. The van der Waals surface area contributed by atoms with Gasteiger partial charge in [-0.3, -0.25) is 14.2 Å². The summed E-state index contributed by atoms with van der Waals surface area (Å²) in [6.07, 6.45) is 0. The van der Waals surface area contributed by atoms with Gasteiger partial charge in [-0.2, -0.15) is 0 Å². The zero-order valence-corrected chi connectivity index (χ0v) is 19.4. The van der Waals surface area contributed by atoms with Crippen molar-refractivity contribution in [2.75, 3.05) is 26.3 Å². The Morgan fingerprint density at radius 3 is 2.61 bits per heavy atom. The van der Waals surface area contributed by atoms with Crippen LogP contribution in [0.15, 0.2) is 57.8 Å². The van der Waals surface area contributed by atoms with Crippen molar-refractivity contribution in [2.45, 2.75) is 13.5 Å². The molecule has 6 nitrogen and oxygen atoms in total. The van der Waals surface area contributed by atoms with Gasteiger partial charge in [-0.15, -0.1) is 0 Å². The Bertz CT molecular complexity index is 1260. The molecule has 33 heavy (non-hydrogen) atoms. The average Bonchev–Trinajstić information content (AvgIpc) is 2.82. The molecule has 4 rings (SSSR count). The maximum atomic E-state index is 13.9. The van der Waals surface area contributed by atoms with E-state index in [-0.39, 0.29) is 33.9 Å². The molecule has 1 amide bonds. The Hall–Kier alpha value is -3.04. The van der Waals surface area contributed by atoms with Gasteiger partial charge in [0.25, 0.3) is 11.5 Å². The van der Waals surface area contributed by atoms with Crippen LogP contribution in [0.1, 0.15) is 21.6 Å². The SMILES string of the molecule is Cc1cc(OCc2ccc(F)cc2F)c(Br)c(=O)n1-c1cccc(C(=O)N2CCOCC2)c1. The van der Waals surface area contributed by atoms with E-state index >= 15 is 0 Å². The van der Waals surface area contributed by atoms with Crippen LogP contribution in [0.2, 0.25) is 0 Å². The van der Waals surface area contributed by atoms with E-state index in [1.165, 1.54) is 10.6 Å². The summed E-state index contributed by atoms with van der Waals surface area (Å²) in [6.45, 7) is 3.61. The fourth-order valence-corrected chi connectivity index (χ4v) is 4.03. The second-order valence-corrected chi connectivity index (χ2v) is 8.38. The summed E-state index contributed by atoms with van der Waals surface area (Å²) in [5.41, 5.74) is 1.35. The predicted molar refractivity (Wildman–Crippen MR) is 122 cm³/mol. The van der Waals surface area contributed by atoms with Gasteiger partial charge in [-0.25, -0.2) is 8.78 Å². The highest BCUT2D eigenvalue weighted by Gasteiger charge is 2.20. The van der Waals surface area contributed by atoms with Gasteiger partial charge < -0.3 is 14.4 Å². The van der Waals surface area contributed by atoms with Crippen LogP contribution in [0.4, 0.5) is 8.78 Å². The standard InChI is InChI=1S/C24H21BrF2N2O4/c1-15-11-21(33-14-17-5-6-18(26)13-20(17)27)22(25)24(31)29(15)19-4-2-3-16(12-19)23(30)28-7-9-32-10-8-28/h2-6,11-13H,7-10,14H2,1H3. The second-order valence-electron chi connectivity index (χ2n) is 7.58. The van der Waals surface area contributed by atoms with Crippen molar-refractivity contribution in [3.05, 3.63) is 91.8 Å². The van der Waals surface area contributed by atoms with Gasteiger partial charge >= 0.3 is 0 Å². The molecule has 0 atom stereocenters. The summed E-state index contributed by atoms with van der Waals surface area (Å²) in [7, 11) is 0. The first-order valence-corrected chi connectivity index (χ1v) is 11.1. The van der Waals surface area contributed by atoms with E-state index in [2.05, 4.69) is 15.9 Å². The number of morpholine rings is 1. The number of amides is 1. The minimum Gasteiger partial charge on any atom is -0.487 e. The first-order valence-electron chi connectivity index (χ1n) is 10.3. The van der Waals surface area contributed by atoms with Gasteiger partial charge in [0.15, 0.2) is 0 Å². The van der Waals surface area contributed by atoms with Crippen molar-refractivity contribution in [1.29, 1.82) is 0 Å². The third-order valence-corrected chi connectivity index (χ3v) is 6.08. The molecule has 1 fully saturated rings. The minimum absolute atomic E-state index is 0.119. The highest BCUT2D eigenvalue weighted by atomic mass is 79.9. The van der Waals surface area contributed by atoms with Crippen LogP contribution in [0.5, 0.6) is 5.75 Å². The van der Waals surface area contributed by atoms with Gasteiger partial charge in [-0.1, -0.05) is 6.07 Å². The summed E-state index contributed by atoms with van der Waals surface area (Å²) in [4.78, 5) is 27.7. The predicted octanol–water partition coefficient (Wildman–Crippen LogP) is 4.24. The van der Waals surface area contributed by atoms with Crippen molar-refractivity contribution in [2.24, 2.45) is 0 Å². The van der Waals surface area contributed by atoms with E-state index in [0.29, 0.717) is 43.2 Å². The van der Waals surface area contributed by atoms with Crippen molar-refractivity contribution in [1.82, 2.24) is 9.47 Å². The number of carbonyl (C=O) groups excluding carboxylic acids is 1. The molecule has 0 bridgehead atoms. The van der Waals surface area contributed by atoms with Crippen LogP contribution in [-0.4, -0.2) is 41.7 Å². The molecule has 9 heteroatoms. The largest absolute Gasteiger partial charge is 0.487 e.